The van der Waals surface area contributed by atoms with Gasteiger partial charge in [0.2, 0.25) is 0 Å². The highest BCUT2D eigenvalue weighted by atomic mass is 16.5. The van der Waals surface area contributed by atoms with Crippen LogP contribution in [-0.4, -0.2) is 34.8 Å². The lowest BCUT2D eigenvalue weighted by Gasteiger charge is -2.42. The number of rotatable bonds is 6. The molecule has 1 spiro atoms. The first-order valence-electron chi connectivity index (χ1n) is 14.0. The Labute approximate surface area is 240 Å². The molecule has 0 fully saturated rings. The maximum atomic E-state index is 14.3. The molecule has 7 heteroatoms. The van der Waals surface area contributed by atoms with Crippen molar-refractivity contribution in [1.82, 2.24) is 5.01 Å². The second kappa shape index (κ2) is 10.0. The van der Waals surface area contributed by atoms with Crippen LogP contribution in [0.2, 0.25) is 0 Å². The topological polar surface area (TPSA) is 86.2 Å². The molecule has 6 rings (SSSR count). The molecule has 4 aromatic rings. The number of nitrogens with zero attached hydrogens (tertiary/aromatic N) is 2. The van der Waals surface area contributed by atoms with Crippen molar-refractivity contribution >= 4 is 23.0 Å². The first kappa shape index (κ1) is 26.4. The first-order valence-corrected chi connectivity index (χ1v) is 14.0. The number of carbonyl (C=O) groups is 1. The van der Waals surface area contributed by atoms with Crippen molar-refractivity contribution in [2.45, 2.75) is 40.2 Å². The quantitative estimate of drug-likeness (QED) is 0.224. The van der Waals surface area contributed by atoms with Crippen LogP contribution in [-0.2, 0) is 5.54 Å². The minimum Gasteiger partial charge on any atom is -0.508 e. The summed E-state index contributed by atoms with van der Waals surface area (Å²) in [6.45, 7) is 11.7. The zero-order valence-corrected chi connectivity index (χ0v) is 24.0. The molecule has 41 heavy (non-hydrogen) atoms. The summed E-state index contributed by atoms with van der Waals surface area (Å²) in [5.74, 6) is 1.35. The summed E-state index contributed by atoms with van der Waals surface area (Å²) < 4.78 is 6.66. The monoisotopic (exact) mass is 546 g/mol. The van der Waals surface area contributed by atoms with Gasteiger partial charge >= 0.3 is 0 Å². The Hall–Kier alpha value is -4.78. The number of aryl methyl sites for hydroxylation is 2. The van der Waals surface area contributed by atoms with E-state index in [0.717, 1.165) is 57.8 Å². The van der Waals surface area contributed by atoms with Crippen molar-refractivity contribution in [3.05, 3.63) is 112 Å². The van der Waals surface area contributed by atoms with Gasteiger partial charge in [-0.25, -0.2) is 5.01 Å². The van der Waals surface area contributed by atoms with Gasteiger partial charge in [0.25, 0.3) is 5.91 Å². The Morgan fingerprint density at radius 3 is 1.98 bits per heavy atom. The van der Waals surface area contributed by atoms with Crippen molar-refractivity contribution in [2.24, 2.45) is 5.10 Å². The van der Waals surface area contributed by atoms with Crippen molar-refractivity contribution in [2.75, 3.05) is 23.7 Å². The van der Waals surface area contributed by atoms with Crippen molar-refractivity contribution in [3.63, 3.8) is 0 Å². The van der Waals surface area contributed by atoms with Crippen LogP contribution in [0.5, 0.6) is 17.2 Å². The molecule has 208 valence electrons. The maximum Gasteiger partial charge on any atom is 0.275 e. The third kappa shape index (κ3) is 4.03. The number of fused-ring (bicyclic) bond motifs is 6. The second-order valence-electron chi connectivity index (χ2n) is 10.6. The van der Waals surface area contributed by atoms with Crippen molar-refractivity contribution in [1.29, 1.82) is 0 Å². The average molecular weight is 547 g/mol. The Morgan fingerprint density at radius 2 is 1.41 bits per heavy atom. The SMILES string of the molecule is CCNc1cc2c(cc1C)C1(c3cc(C)c(NCC)cc3O2)c2ccccc2C(=O)N1/N=C(\C)c1ccc(O)cc1. The third-order valence-corrected chi connectivity index (χ3v) is 7.98. The van der Waals surface area contributed by atoms with E-state index in [1.807, 2.05) is 43.3 Å². The van der Waals surface area contributed by atoms with Crippen LogP contribution in [0.4, 0.5) is 11.4 Å². The van der Waals surface area contributed by atoms with Gasteiger partial charge < -0.3 is 20.5 Å². The molecule has 0 saturated carbocycles. The van der Waals surface area contributed by atoms with Crippen LogP contribution in [0.15, 0.2) is 77.9 Å². The van der Waals surface area contributed by atoms with Gasteiger partial charge in [-0.3, -0.25) is 4.79 Å². The number of carbonyl (C=O) groups excluding carboxylic acids is 1. The Kier molecular flexibility index (Phi) is 6.45. The van der Waals surface area contributed by atoms with Crippen molar-refractivity contribution < 1.29 is 14.6 Å². The predicted octanol–water partition coefficient (Wildman–Crippen LogP) is 7.15. The minimum atomic E-state index is -1.06. The largest absolute Gasteiger partial charge is 0.508 e. The van der Waals surface area contributed by atoms with E-state index in [-0.39, 0.29) is 11.7 Å². The zero-order valence-electron chi connectivity index (χ0n) is 24.0. The van der Waals surface area contributed by atoms with Crippen LogP contribution in [0.3, 0.4) is 0 Å². The molecule has 0 unspecified atom stereocenters. The maximum absolute atomic E-state index is 14.3. The lowest BCUT2D eigenvalue weighted by atomic mass is 9.74. The average Bonchev–Trinajstić information content (AvgIpc) is 3.20. The molecule has 0 atom stereocenters. The number of phenolic OH excluding ortho intramolecular Hbond substituents is 1. The zero-order chi connectivity index (χ0) is 28.9. The number of ether oxygens (including phenoxy) is 1. The molecule has 2 aliphatic heterocycles. The van der Waals surface area contributed by atoms with Crippen LogP contribution in [0.1, 0.15) is 64.5 Å². The molecule has 0 bridgehead atoms. The normalized spacial score (nSPS) is 14.8. The number of hydrogen-bond acceptors (Lipinski definition) is 6. The van der Waals surface area contributed by atoms with Crippen LogP contribution < -0.4 is 15.4 Å². The third-order valence-electron chi connectivity index (χ3n) is 7.98. The van der Waals surface area contributed by atoms with Gasteiger partial charge in [0.1, 0.15) is 22.8 Å². The molecule has 3 N–H and O–H groups in total. The number of hydrazone groups is 1. The molecule has 0 radical (unpaired) electrons. The van der Waals surface area contributed by atoms with Gasteiger partial charge in [0.15, 0.2) is 0 Å². The van der Waals surface area contributed by atoms with E-state index >= 15 is 0 Å². The highest BCUT2D eigenvalue weighted by Gasteiger charge is 2.57. The van der Waals surface area contributed by atoms with Crippen LogP contribution >= 0.6 is 0 Å². The Balaban J connectivity index is 1.70. The minimum absolute atomic E-state index is 0.175. The van der Waals surface area contributed by atoms with Gasteiger partial charge in [-0.15, -0.1) is 0 Å². The van der Waals surface area contributed by atoms with E-state index in [1.54, 1.807) is 29.3 Å². The van der Waals surface area contributed by atoms with E-state index in [1.165, 1.54) is 0 Å². The van der Waals surface area contributed by atoms with Crippen LogP contribution in [0, 0.1) is 13.8 Å². The molecule has 7 nitrogen and oxygen atoms in total. The molecular weight excluding hydrogens is 512 g/mol. The highest BCUT2D eigenvalue weighted by Crippen LogP contribution is 2.59. The van der Waals surface area contributed by atoms with Gasteiger partial charge in [-0.05, 0) is 93.8 Å². The van der Waals surface area contributed by atoms with Crippen LogP contribution in [0.25, 0.3) is 0 Å². The molecule has 0 saturated heterocycles. The number of benzene rings is 4. The summed E-state index contributed by atoms with van der Waals surface area (Å²) in [6, 6.07) is 22.9. The standard InChI is InChI=1S/C34H34N4O3/c1-6-35-29-18-31-27(16-20(29)3)34(28-17-21(4)30(36-7-2)19-32(28)41-31)26-11-9-8-10-25(26)33(40)38(34)37-22(5)23-12-14-24(39)15-13-23/h8-19,35-36,39H,6-7H2,1-5H3/b37-22+. The van der Waals surface area contributed by atoms with Gasteiger partial charge in [0.05, 0.1) is 5.71 Å². The number of amides is 1. The fraction of sp³-hybridized carbons (Fsp3) is 0.235. The number of anilines is 2. The number of aromatic hydroxyl groups is 1. The van der Waals surface area contributed by atoms with E-state index in [2.05, 4.69) is 50.5 Å². The fourth-order valence-electron chi connectivity index (χ4n) is 6.05. The first-order chi connectivity index (χ1) is 19.8. The molecule has 2 aliphatic rings. The summed E-state index contributed by atoms with van der Waals surface area (Å²) in [5, 5.41) is 23.4. The summed E-state index contributed by atoms with van der Waals surface area (Å²) in [5.41, 5.74) is 7.67. The Bertz CT molecular complexity index is 1650. The number of nitrogens with one attached hydrogen (secondary N) is 2. The lowest BCUT2D eigenvalue weighted by Crippen LogP contribution is -2.45. The van der Waals surface area contributed by atoms with E-state index < -0.39 is 5.54 Å². The molecule has 1 amide bonds. The Morgan fingerprint density at radius 1 is 0.854 bits per heavy atom. The van der Waals surface area contributed by atoms with Gasteiger partial charge in [-0.2, -0.15) is 5.10 Å². The smallest absolute Gasteiger partial charge is 0.275 e. The molecule has 0 aromatic heterocycles. The van der Waals surface area contributed by atoms with Gasteiger partial charge in [-0.1, -0.05) is 18.2 Å². The summed E-state index contributed by atoms with van der Waals surface area (Å²) in [7, 11) is 0. The van der Waals surface area contributed by atoms with Crippen molar-refractivity contribution in [3.8, 4) is 17.2 Å². The lowest BCUT2D eigenvalue weighted by molar-refractivity contribution is 0.0673. The summed E-state index contributed by atoms with van der Waals surface area (Å²) >= 11 is 0. The predicted molar refractivity (Wildman–Crippen MR) is 164 cm³/mol. The second-order valence-corrected chi connectivity index (χ2v) is 10.6. The number of phenols is 1. The molecule has 2 heterocycles. The number of hydrogen-bond donors (Lipinski definition) is 3. The molecular formula is C34H34N4O3. The van der Waals surface area contributed by atoms with E-state index in [4.69, 9.17) is 9.84 Å². The highest BCUT2D eigenvalue weighted by molar-refractivity contribution is 6.05. The summed E-state index contributed by atoms with van der Waals surface area (Å²) in [6.07, 6.45) is 0. The molecule has 0 aliphatic carbocycles. The molecule has 4 aromatic carbocycles. The van der Waals surface area contributed by atoms with E-state index in [9.17, 15) is 9.90 Å². The van der Waals surface area contributed by atoms with E-state index in [0.29, 0.717) is 22.8 Å². The van der Waals surface area contributed by atoms with Gasteiger partial charge in [0, 0.05) is 58.9 Å². The summed E-state index contributed by atoms with van der Waals surface area (Å²) in [4.78, 5) is 14.3. The fourth-order valence-corrected chi connectivity index (χ4v) is 6.05.